The van der Waals surface area contributed by atoms with Gasteiger partial charge in [0, 0.05) is 31.7 Å². The SMILES string of the molecule is CCC1CN(c2cc(F)c(C)cc2F)CCN1. The number of nitrogens with zero attached hydrogens (tertiary/aromatic N) is 1. The van der Waals surface area contributed by atoms with Crippen molar-refractivity contribution in [2.75, 3.05) is 24.5 Å². The maximum absolute atomic E-state index is 13.8. The van der Waals surface area contributed by atoms with Crippen LogP contribution in [-0.4, -0.2) is 25.7 Å². The quantitative estimate of drug-likeness (QED) is 0.854. The van der Waals surface area contributed by atoms with Gasteiger partial charge in [0.25, 0.3) is 0 Å². The Morgan fingerprint density at radius 2 is 2.12 bits per heavy atom. The smallest absolute Gasteiger partial charge is 0.146 e. The monoisotopic (exact) mass is 240 g/mol. The zero-order valence-corrected chi connectivity index (χ0v) is 10.3. The Labute approximate surface area is 101 Å². The number of benzene rings is 1. The molecule has 0 radical (unpaired) electrons. The molecule has 0 aliphatic carbocycles. The second-order valence-corrected chi connectivity index (χ2v) is 4.56. The Balaban J connectivity index is 2.24. The second kappa shape index (κ2) is 5.00. The molecule has 1 aromatic carbocycles. The summed E-state index contributed by atoms with van der Waals surface area (Å²) >= 11 is 0. The summed E-state index contributed by atoms with van der Waals surface area (Å²) in [5, 5.41) is 3.36. The third-order valence-electron chi connectivity index (χ3n) is 3.32. The molecule has 17 heavy (non-hydrogen) atoms. The summed E-state index contributed by atoms with van der Waals surface area (Å²) in [6, 6.07) is 2.93. The highest BCUT2D eigenvalue weighted by Crippen LogP contribution is 2.24. The molecule has 1 fully saturated rings. The van der Waals surface area contributed by atoms with Gasteiger partial charge in [-0.25, -0.2) is 8.78 Å². The minimum absolute atomic E-state index is 0.333. The third kappa shape index (κ3) is 2.57. The molecular weight excluding hydrogens is 222 g/mol. The summed E-state index contributed by atoms with van der Waals surface area (Å²) in [5.41, 5.74) is 0.737. The molecule has 1 unspecified atom stereocenters. The molecule has 1 saturated heterocycles. The van der Waals surface area contributed by atoms with Gasteiger partial charge < -0.3 is 10.2 Å². The normalized spacial score (nSPS) is 20.7. The van der Waals surface area contributed by atoms with Crippen molar-refractivity contribution in [1.29, 1.82) is 0 Å². The van der Waals surface area contributed by atoms with Gasteiger partial charge in [0.2, 0.25) is 0 Å². The molecule has 1 aliphatic heterocycles. The molecule has 0 spiro atoms. The molecule has 0 saturated carbocycles. The number of hydrogen-bond donors (Lipinski definition) is 1. The van der Waals surface area contributed by atoms with Crippen molar-refractivity contribution in [1.82, 2.24) is 5.32 Å². The van der Waals surface area contributed by atoms with E-state index < -0.39 is 0 Å². The molecule has 0 bridgehead atoms. The summed E-state index contributed by atoms with van der Waals surface area (Å²) in [5.74, 6) is -0.673. The predicted octanol–water partition coefficient (Wildman–Crippen LogP) is 2.46. The first kappa shape index (κ1) is 12.3. The predicted molar refractivity (Wildman–Crippen MR) is 65.4 cm³/mol. The zero-order chi connectivity index (χ0) is 12.4. The minimum atomic E-state index is -0.340. The summed E-state index contributed by atoms with van der Waals surface area (Å²) in [6.07, 6.45) is 0.993. The van der Waals surface area contributed by atoms with E-state index >= 15 is 0 Å². The van der Waals surface area contributed by atoms with E-state index in [4.69, 9.17) is 0 Å². The lowest BCUT2D eigenvalue weighted by molar-refractivity contribution is 0.442. The van der Waals surface area contributed by atoms with Gasteiger partial charge in [-0.1, -0.05) is 6.92 Å². The van der Waals surface area contributed by atoms with Crippen LogP contribution >= 0.6 is 0 Å². The van der Waals surface area contributed by atoms with Crippen molar-refractivity contribution in [2.24, 2.45) is 0 Å². The first-order chi connectivity index (χ1) is 8.11. The molecule has 0 aromatic heterocycles. The van der Waals surface area contributed by atoms with Gasteiger partial charge in [0.05, 0.1) is 5.69 Å². The number of piperazine rings is 1. The zero-order valence-electron chi connectivity index (χ0n) is 10.3. The van der Waals surface area contributed by atoms with Crippen LogP contribution in [0.1, 0.15) is 18.9 Å². The fourth-order valence-corrected chi connectivity index (χ4v) is 2.20. The van der Waals surface area contributed by atoms with E-state index in [1.807, 2.05) is 4.90 Å². The topological polar surface area (TPSA) is 15.3 Å². The van der Waals surface area contributed by atoms with Crippen molar-refractivity contribution in [3.63, 3.8) is 0 Å². The number of anilines is 1. The van der Waals surface area contributed by atoms with Crippen molar-refractivity contribution in [2.45, 2.75) is 26.3 Å². The van der Waals surface area contributed by atoms with Crippen LogP contribution in [0.5, 0.6) is 0 Å². The molecule has 1 aliphatic rings. The lowest BCUT2D eigenvalue weighted by Gasteiger charge is -2.35. The van der Waals surface area contributed by atoms with Crippen molar-refractivity contribution in [3.05, 3.63) is 29.3 Å². The Hall–Kier alpha value is -1.16. The molecule has 1 atom stereocenters. The number of rotatable bonds is 2. The highest BCUT2D eigenvalue weighted by atomic mass is 19.1. The van der Waals surface area contributed by atoms with Gasteiger partial charge >= 0.3 is 0 Å². The second-order valence-electron chi connectivity index (χ2n) is 4.56. The molecule has 2 nitrogen and oxygen atoms in total. The van der Waals surface area contributed by atoms with Gasteiger partial charge in [-0.2, -0.15) is 0 Å². The summed E-state index contributed by atoms with van der Waals surface area (Å²) < 4.78 is 27.3. The average Bonchev–Trinajstić information content (AvgIpc) is 2.34. The van der Waals surface area contributed by atoms with E-state index in [-0.39, 0.29) is 11.6 Å². The summed E-state index contributed by atoms with van der Waals surface area (Å²) in [6.45, 7) is 5.93. The largest absolute Gasteiger partial charge is 0.366 e. The van der Waals surface area contributed by atoms with E-state index in [1.54, 1.807) is 6.92 Å². The van der Waals surface area contributed by atoms with Gasteiger partial charge in [-0.05, 0) is 25.0 Å². The first-order valence-electron chi connectivity index (χ1n) is 6.05. The van der Waals surface area contributed by atoms with Crippen LogP contribution < -0.4 is 10.2 Å². The Kier molecular flexibility index (Phi) is 3.62. The first-order valence-corrected chi connectivity index (χ1v) is 6.05. The van der Waals surface area contributed by atoms with E-state index in [2.05, 4.69) is 12.2 Å². The Bertz CT molecular complexity index is 407. The van der Waals surface area contributed by atoms with Gasteiger partial charge in [0.15, 0.2) is 0 Å². The molecule has 0 amide bonds. The molecule has 4 heteroatoms. The van der Waals surface area contributed by atoms with Crippen LogP contribution in [0.4, 0.5) is 14.5 Å². The number of nitrogens with one attached hydrogen (secondary N) is 1. The highest BCUT2D eigenvalue weighted by molar-refractivity contribution is 5.50. The van der Waals surface area contributed by atoms with Crippen LogP contribution in [0.15, 0.2) is 12.1 Å². The molecule has 94 valence electrons. The van der Waals surface area contributed by atoms with Crippen LogP contribution in [0.2, 0.25) is 0 Å². The molecule has 1 N–H and O–H groups in total. The lowest BCUT2D eigenvalue weighted by atomic mass is 10.1. The number of halogens is 2. The van der Waals surface area contributed by atoms with Gasteiger partial charge in [-0.15, -0.1) is 0 Å². The summed E-state index contributed by atoms with van der Waals surface area (Å²) in [4.78, 5) is 1.92. The minimum Gasteiger partial charge on any atom is -0.366 e. The molecule has 1 heterocycles. The number of hydrogen-bond acceptors (Lipinski definition) is 2. The van der Waals surface area contributed by atoms with Crippen LogP contribution in [0, 0.1) is 18.6 Å². The average molecular weight is 240 g/mol. The number of aryl methyl sites for hydroxylation is 1. The van der Waals surface area contributed by atoms with Gasteiger partial charge in [-0.3, -0.25) is 0 Å². The van der Waals surface area contributed by atoms with E-state index in [0.29, 0.717) is 17.3 Å². The maximum Gasteiger partial charge on any atom is 0.146 e. The lowest BCUT2D eigenvalue weighted by Crippen LogP contribution is -2.50. The van der Waals surface area contributed by atoms with Crippen LogP contribution in [0.3, 0.4) is 0 Å². The van der Waals surface area contributed by atoms with E-state index in [0.717, 1.165) is 26.1 Å². The molecular formula is C13H18F2N2. The Morgan fingerprint density at radius 1 is 1.35 bits per heavy atom. The summed E-state index contributed by atoms with van der Waals surface area (Å²) in [7, 11) is 0. The third-order valence-corrected chi connectivity index (χ3v) is 3.32. The molecule has 2 rings (SSSR count). The van der Waals surface area contributed by atoms with Crippen LogP contribution in [-0.2, 0) is 0 Å². The van der Waals surface area contributed by atoms with Crippen molar-refractivity contribution < 1.29 is 8.78 Å². The van der Waals surface area contributed by atoms with Gasteiger partial charge in [0.1, 0.15) is 11.6 Å². The fourth-order valence-electron chi connectivity index (χ4n) is 2.20. The van der Waals surface area contributed by atoms with Crippen molar-refractivity contribution >= 4 is 5.69 Å². The Morgan fingerprint density at radius 3 is 2.82 bits per heavy atom. The standard InChI is InChI=1S/C13H18F2N2/c1-3-10-8-17(5-4-16-10)13-7-11(14)9(2)6-12(13)15/h6-7,10,16H,3-5,8H2,1-2H3. The maximum atomic E-state index is 13.8. The van der Waals surface area contributed by atoms with Crippen molar-refractivity contribution in [3.8, 4) is 0 Å². The highest BCUT2D eigenvalue weighted by Gasteiger charge is 2.21. The fraction of sp³-hybridized carbons (Fsp3) is 0.538. The molecule has 1 aromatic rings. The van der Waals surface area contributed by atoms with E-state index in [9.17, 15) is 8.78 Å². The van der Waals surface area contributed by atoms with Crippen LogP contribution in [0.25, 0.3) is 0 Å². The van der Waals surface area contributed by atoms with E-state index in [1.165, 1.54) is 12.1 Å².